The van der Waals surface area contributed by atoms with Crippen LogP contribution in [0.5, 0.6) is 0 Å². The van der Waals surface area contributed by atoms with E-state index < -0.39 is 0 Å². The number of carbonyl (C=O) groups is 1. The van der Waals surface area contributed by atoms with Crippen LogP contribution in [0.25, 0.3) is 44.1 Å². The fourth-order valence-corrected chi connectivity index (χ4v) is 7.54. The minimum absolute atomic E-state index is 0.0696. The summed E-state index contributed by atoms with van der Waals surface area (Å²) < 4.78 is 35.4. The lowest BCUT2D eigenvalue weighted by Crippen LogP contribution is -2.08. The first-order valence-corrected chi connectivity index (χ1v) is 21.4. The third-order valence-electron chi connectivity index (χ3n) is 10.7. The van der Waals surface area contributed by atoms with E-state index in [-0.39, 0.29) is 11.5 Å². The second kappa shape index (κ2) is 23.6. The first-order valence-electron chi connectivity index (χ1n) is 21.4. The van der Waals surface area contributed by atoms with Gasteiger partial charge >= 0.3 is 0 Å². The topological polar surface area (TPSA) is 118 Å². The van der Waals surface area contributed by atoms with E-state index in [0.717, 1.165) is 68.0 Å². The smallest absolute Gasteiger partial charge is 0.159 e. The average Bonchev–Trinajstić information content (AvgIpc) is 3.28. The van der Waals surface area contributed by atoms with Crippen molar-refractivity contribution in [1.82, 2.24) is 9.97 Å². The number of hydrogen-bond donors (Lipinski definition) is 1. The Hall–Kier alpha value is -5.33. The van der Waals surface area contributed by atoms with E-state index in [1.807, 2.05) is 36.7 Å². The summed E-state index contributed by atoms with van der Waals surface area (Å²) in [6.45, 7) is 5.81. The monoisotopic (exact) mass is 824 g/mol. The van der Waals surface area contributed by atoms with E-state index in [0.29, 0.717) is 105 Å². The maximum absolute atomic E-state index is 12.4. The fourth-order valence-electron chi connectivity index (χ4n) is 7.54. The molecule has 0 aliphatic carbocycles. The SMILES string of the molecule is O=C1C=C(O)CCCOCCOCc2cccc3c(nccc23)-c2cccc(c2)CCOCCOCCc2cccc(c2)-c2nccc3c(cccc23)COCCOCCC1. The van der Waals surface area contributed by atoms with Crippen molar-refractivity contribution in [2.24, 2.45) is 0 Å². The Bertz CT molecular complexity index is 2360. The molecular weight excluding hydrogens is 769 g/mol. The van der Waals surface area contributed by atoms with Crippen molar-refractivity contribution in [3.8, 4) is 22.5 Å². The highest BCUT2D eigenvalue weighted by Gasteiger charge is 2.12. The molecule has 10 heteroatoms. The van der Waals surface area contributed by atoms with Crippen molar-refractivity contribution in [3.05, 3.63) is 144 Å². The zero-order valence-corrected chi connectivity index (χ0v) is 34.9. The molecule has 318 valence electrons. The van der Waals surface area contributed by atoms with Gasteiger partial charge in [0.1, 0.15) is 0 Å². The summed E-state index contributed by atoms with van der Waals surface area (Å²) in [4.78, 5) is 22.0. The van der Waals surface area contributed by atoms with Crippen LogP contribution >= 0.6 is 0 Å². The maximum atomic E-state index is 12.4. The van der Waals surface area contributed by atoms with E-state index in [1.54, 1.807) is 0 Å². The molecule has 2 aromatic heterocycles. The molecule has 1 aliphatic heterocycles. The Morgan fingerprint density at radius 1 is 0.443 bits per heavy atom. The van der Waals surface area contributed by atoms with Gasteiger partial charge in [-0.15, -0.1) is 0 Å². The van der Waals surface area contributed by atoms with Crippen molar-refractivity contribution in [2.75, 3.05) is 66.1 Å². The molecule has 7 rings (SSSR count). The van der Waals surface area contributed by atoms with E-state index >= 15 is 0 Å². The number of ether oxygens (including phenoxy) is 6. The van der Waals surface area contributed by atoms with Crippen LogP contribution in [-0.4, -0.2) is 86.9 Å². The van der Waals surface area contributed by atoms with Crippen LogP contribution in [0.15, 0.2) is 121 Å². The Morgan fingerprint density at radius 3 is 1.43 bits per heavy atom. The van der Waals surface area contributed by atoms with Crippen molar-refractivity contribution >= 4 is 27.3 Å². The number of aliphatic hydroxyl groups excluding tert-OH is 1. The summed E-state index contributed by atoms with van der Waals surface area (Å²) in [6, 6.07) is 33.6. The summed E-state index contributed by atoms with van der Waals surface area (Å²) in [7, 11) is 0. The first kappa shape index (κ1) is 43.7. The van der Waals surface area contributed by atoms with Crippen molar-refractivity contribution in [3.63, 3.8) is 0 Å². The van der Waals surface area contributed by atoms with Gasteiger partial charge in [0, 0.05) is 66.4 Å². The van der Waals surface area contributed by atoms with Gasteiger partial charge in [-0.1, -0.05) is 72.8 Å². The predicted octanol–water partition coefficient (Wildman–Crippen LogP) is 9.59. The molecule has 0 fully saturated rings. The highest BCUT2D eigenvalue weighted by molar-refractivity contribution is 5.97. The third-order valence-corrected chi connectivity index (χ3v) is 10.7. The Kier molecular flexibility index (Phi) is 16.9. The highest BCUT2D eigenvalue weighted by atomic mass is 16.5. The molecule has 4 aromatic carbocycles. The molecule has 0 radical (unpaired) electrons. The molecule has 3 heterocycles. The third kappa shape index (κ3) is 13.1. The predicted molar refractivity (Wildman–Crippen MR) is 239 cm³/mol. The standard InChI is InChI=1S/C51H56N2O8/c54-44-13-5-23-56-29-31-60-36-42-11-3-15-48-46(42)17-21-52-50(48)40-9-1-7-38(33-40)19-25-58-27-28-59-26-20-39-8-2-10-41(34-39)51-49-16-4-12-43(47(49)18-22-53-51)37-61-32-30-57-24-6-14-45(55)35-44/h1-4,7-12,15-18,21-22,33-35,54H,5-6,13-14,19-20,23-32,36-37H2. The van der Waals surface area contributed by atoms with Gasteiger partial charge in [0.05, 0.1) is 83.2 Å². The average molecular weight is 825 g/mol. The van der Waals surface area contributed by atoms with Crippen molar-refractivity contribution < 1.29 is 38.3 Å². The molecule has 10 nitrogen and oxygen atoms in total. The van der Waals surface area contributed by atoms with Gasteiger partial charge in [-0.25, -0.2) is 0 Å². The van der Waals surface area contributed by atoms with E-state index in [2.05, 4.69) is 72.8 Å². The number of pyridine rings is 2. The lowest BCUT2D eigenvalue weighted by Gasteiger charge is -2.12. The number of aliphatic hydroxyl groups is 1. The van der Waals surface area contributed by atoms with E-state index in [1.165, 1.54) is 17.2 Å². The summed E-state index contributed by atoms with van der Waals surface area (Å²) >= 11 is 0. The molecule has 0 spiro atoms. The van der Waals surface area contributed by atoms with Crippen LogP contribution in [-0.2, 0) is 59.3 Å². The number of rotatable bonds is 0. The zero-order valence-electron chi connectivity index (χ0n) is 34.9. The van der Waals surface area contributed by atoms with Gasteiger partial charge in [-0.3, -0.25) is 14.8 Å². The molecule has 1 aliphatic rings. The first-order chi connectivity index (χ1) is 30.1. The van der Waals surface area contributed by atoms with Gasteiger partial charge < -0.3 is 33.5 Å². The molecule has 6 aromatic rings. The molecule has 0 atom stereocenters. The zero-order chi connectivity index (χ0) is 41.9. The van der Waals surface area contributed by atoms with Crippen LogP contribution < -0.4 is 0 Å². The normalized spacial score (nSPS) is 17.1. The van der Waals surface area contributed by atoms with Crippen LogP contribution in [0.1, 0.15) is 47.9 Å². The Labute approximate surface area is 358 Å². The highest BCUT2D eigenvalue weighted by Crippen LogP contribution is 2.31. The summed E-state index contributed by atoms with van der Waals surface area (Å²) in [5, 5.41) is 14.6. The number of fused-ring (bicyclic) bond motifs is 6. The van der Waals surface area contributed by atoms with Crippen LogP contribution in [0, 0.1) is 0 Å². The fraction of sp³-hybridized carbons (Fsp3) is 0.353. The van der Waals surface area contributed by atoms with Crippen LogP contribution in [0.4, 0.5) is 0 Å². The second-order valence-electron chi connectivity index (χ2n) is 15.1. The lowest BCUT2D eigenvalue weighted by atomic mass is 9.99. The number of ketones is 1. The molecule has 12 bridgehead atoms. The molecule has 0 saturated carbocycles. The number of carbonyl (C=O) groups excluding carboxylic acids is 1. The quantitative estimate of drug-likeness (QED) is 0.159. The minimum atomic E-state index is -0.118. The Balaban J connectivity index is 0.968. The molecule has 0 amide bonds. The lowest BCUT2D eigenvalue weighted by molar-refractivity contribution is -0.115. The van der Waals surface area contributed by atoms with E-state index in [4.69, 9.17) is 38.4 Å². The summed E-state index contributed by atoms with van der Waals surface area (Å²) in [5.74, 6) is -0.0484. The molecule has 0 unspecified atom stereocenters. The molecule has 61 heavy (non-hydrogen) atoms. The largest absolute Gasteiger partial charge is 0.512 e. The van der Waals surface area contributed by atoms with Gasteiger partial charge in [0.2, 0.25) is 0 Å². The molecule has 1 N–H and O–H groups in total. The Morgan fingerprint density at radius 2 is 0.902 bits per heavy atom. The minimum Gasteiger partial charge on any atom is -0.512 e. The van der Waals surface area contributed by atoms with Gasteiger partial charge in [0.15, 0.2) is 5.78 Å². The van der Waals surface area contributed by atoms with Gasteiger partial charge in [-0.05, 0) is 83.0 Å². The molecular formula is C51H56N2O8. The van der Waals surface area contributed by atoms with Gasteiger partial charge in [-0.2, -0.15) is 0 Å². The molecule has 0 saturated heterocycles. The van der Waals surface area contributed by atoms with Crippen molar-refractivity contribution in [1.29, 1.82) is 0 Å². The van der Waals surface area contributed by atoms with Crippen LogP contribution in [0.2, 0.25) is 0 Å². The number of hydrogen-bond acceptors (Lipinski definition) is 10. The van der Waals surface area contributed by atoms with E-state index in [9.17, 15) is 9.90 Å². The number of aromatic nitrogens is 2. The number of nitrogens with zero attached hydrogens (tertiary/aromatic N) is 2. The van der Waals surface area contributed by atoms with Gasteiger partial charge in [0.25, 0.3) is 0 Å². The maximum Gasteiger partial charge on any atom is 0.159 e. The summed E-state index contributed by atoms with van der Waals surface area (Å²) in [6.07, 6.45) is 8.46. The second-order valence-corrected chi connectivity index (χ2v) is 15.1. The van der Waals surface area contributed by atoms with Crippen molar-refractivity contribution in [2.45, 2.75) is 51.7 Å². The number of benzene rings is 4. The summed E-state index contributed by atoms with van der Waals surface area (Å²) in [5.41, 5.74) is 8.54. The van der Waals surface area contributed by atoms with Crippen LogP contribution in [0.3, 0.4) is 0 Å². The number of allylic oxidation sites excluding steroid dienone is 2.